The quantitative estimate of drug-likeness (QED) is 0.328. The first-order chi connectivity index (χ1) is 15.0. The highest BCUT2D eigenvalue weighted by Gasteiger charge is 2.63. The zero-order valence-electron chi connectivity index (χ0n) is 15.7. The van der Waals surface area contributed by atoms with Gasteiger partial charge >= 0.3 is 23.9 Å². The molecule has 0 radical (unpaired) electrons. The van der Waals surface area contributed by atoms with E-state index in [9.17, 15) is 39.6 Å². The SMILES string of the molecule is O=C(O)c1ccc(C(c2ccc(C(=O)O)c(C(=O)O)c2)(C(Cl)(Cl)Cl)C(Cl)(Cl)Cl)cc1C(=O)O. The molecular formula is C19H10Cl6O8. The maximum absolute atomic E-state index is 11.7. The van der Waals surface area contributed by atoms with Crippen molar-refractivity contribution in [3.8, 4) is 0 Å². The lowest BCUT2D eigenvalue weighted by atomic mass is 9.75. The third-order valence-corrected chi connectivity index (χ3v) is 6.38. The van der Waals surface area contributed by atoms with E-state index in [1.54, 1.807) is 0 Å². The van der Waals surface area contributed by atoms with E-state index in [1.165, 1.54) is 0 Å². The van der Waals surface area contributed by atoms with E-state index in [-0.39, 0.29) is 11.1 Å². The van der Waals surface area contributed by atoms with E-state index in [0.29, 0.717) is 0 Å². The lowest BCUT2D eigenvalue weighted by Gasteiger charge is -2.45. The van der Waals surface area contributed by atoms with Crippen molar-refractivity contribution in [2.45, 2.75) is 13.0 Å². The molecule has 0 aliphatic rings. The third kappa shape index (κ3) is 4.82. The molecule has 0 unspecified atom stereocenters. The minimum absolute atomic E-state index is 0.315. The molecule has 2 aromatic rings. The van der Waals surface area contributed by atoms with Crippen LogP contribution in [0.2, 0.25) is 0 Å². The van der Waals surface area contributed by atoms with Crippen molar-refractivity contribution < 1.29 is 39.6 Å². The highest BCUT2D eigenvalue weighted by molar-refractivity contribution is 6.74. The summed E-state index contributed by atoms with van der Waals surface area (Å²) in [4.78, 5) is 46.3. The van der Waals surface area contributed by atoms with Crippen molar-refractivity contribution in [2.24, 2.45) is 0 Å². The molecule has 0 atom stereocenters. The van der Waals surface area contributed by atoms with Gasteiger partial charge in [0.25, 0.3) is 0 Å². The molecule has 0 aliphatic carbocycles. The van der Waals surface area contributed by atoms with Crippen LogP contribution >= 0.6 is 69.6 Å². The molecule has 0 aliphatic heterocycles. The Morgan fingerprint density at radius 3 is 1.00 bits per heavy atom. The van der Waals surface area contributed by atoms with Gasteiger partial charge in [-0.25, -0.2) is 19.2 Å². The van der Waals surface area contributed by atoms with Crippen molar-refractivity contribution in [1.29, 1.82) is 0 Å². The van der Waals surface area contributed by atoms with Crippen LogP contribution in [0.1, 0.15) is 52.6 Å². The zero-order chi connectivity index (χ0) is 25.5. The summed E-state index contributed by atoms with van der Waals surface area (Å²) < 4.78 is -5.25. The van der Waals surface area contributed by atoms with E-state index in [0.717, 1.165) is 36.4 Å². The maximum atomic E-state index is 11.7. The molecule has 8 nitrogen and oxygen atoms in total. The predicted molar refractivity (Wildman–Crippen MR) is 122 cm³/mol. The fraction of sp³-hybridized carbons (Fsp3) is 0.158. The van der Waals surface area contributed by atoms with Crippen LogP contribution in [0.25, 0.3) is 0 Å². The van der Waals surface area contributed by atoms with E-state index < -0.39 is 59.1 Å². The van der Waals surface area contributed by atoms with Gasteiger partial charge in [-0.3, -0.25) is 0 Å². The van der Waals surface area contributed by atoms with Gasteiger partial charge in [0.15, 0.2) is 0 Å². The average molecular weight is 579 g/mol. The Kier molecular flexibility index (Phi) is 7.75. The summed E-state index contributed by atoms with van der Waals surface area (Å²) in [6.07, 6.45) is 0. The average Bonchev–Trinajstić information content (AvgIpc) is 2.65. The smallest absolute Gasteiger partial charge is 0.336 e. The molecule has 0 aromatic heterocycles. The molecule has 0 fully saturated rings. The number of rotatable bonds is 6. The van der Waals surface area contributed by atoms with Crippen LogP contribution in [0.15, 0.2) is 36.4 Å². The molecule has 176 valence electrons. The van der Waals surface area contributed by atoms with Crippen LogP contribution in [-0.4, -0.2) is 51.9 Å². The molecule has 4 N–H and O–H groups in total. The van der Waals surface area contributed by atoms with E-state index >= 15 is 0 Å². The van der Waals surface area contributed by atoms with Crippen LogP contribution in [0.4, 0.5) is 0 Å². The number of carboxylic acids is 4. The molecule has 0 amide bonds. The van der Waals surface area contributed by atoms with Gasteiger partial charge in [0.1, 0.15) is 5.41 Å². The lowest BCUT2D eigenvalue weighted by molar-refractivity contribution is 0.0651. The van der Waals surface area contributed by atoms with Gasteiger partial charge in [0.2, 0.25) is 7.59 Å². The summed E-state index contributed by atoms with van der Waals surface area (Å²) >= 11 is 37.4. The normalized spacial score (nSPS) is 12.3. The van der Waals surface area contributed by atoms with Gasteiger partial charge in [-0.15, -0.1) is 0 Å². The highest BCUT2D eigenvalue weighted by atomic mass is 35.6. The van der Waals surface area contributed by atoms with Crippen molar-refractivity contribution in [3.63, 3.8) is 0 Å². The molecule has 2 aromatic carbocycles. The molecule has 0 bridgehead atoms. The number of halogens is 6. The second-order valence-electron chi connectivity index (χ2n) is 6.49. The standard InChI is InChI=1S/C19H10Cl6O8/c20-18(21,22)17(19(23,24)25,7-1-3-9(13(26)27)11(5-7)15(30)31)8-2-4-10(14(28)29)12(6-8)16(32)33/h1-6H,(H,26,27)(H,28,29)(H,30,31)(H,32,33). The lowest BCUT2D eigenvalue weighted by Crippen LogP contribution is -2.52. The maximum Gasteiger partial charge on any atom is 0.336 e. The summed E-state index contributed by atoms with van der Waals surface area (Å²) in [6.45, 7) is 0. The number of benzene rings is 2. The van der Waals surface area contributed by atoms with Crippen LogP contribution in [-0.2, 0) is 5.41 Å². The van der Waals surface area contributed by atoms with Gasteiger partial charge in [-0.1, -0.05) is 81.7 Å². The number of carbonyl (C=O) groups is 4. The molecular weight excluding hydrogens is 569 g/mol. The highest BCUT2D eigenvalue weighted by Crippen LogP contribution is 2.62. The molecule has 0 spiro atoms. The van der Waals surface area contributed by atoms with Crippen molar-refractivity contribution >= 4 is 93.5 Å². The third-order valence-electron chi connectivity index (χ3n) is 4.68. The van der Waals surface area contributed by atoms with Crippen LogP contribution in [0, 0.1) is 0 Å². The summed E-state index contributed by atoms with van der Waals surface area (Å²) in [6, 6.07) is 5.44. The predicted octanol–water partition coefficient (Wildman–Crippen LogP) is 5.51. The number of hydrogen-bond donors (Lipinski definition) is 4. The number of alkyl halides is 6. The Hall–Kier alpha value is -1.94. The Balaban J connectivity index is 3.10. The molecule has 2 rings (SSSR count). The van der Waals surface area contributed by atoms with Gasteiger partial charge in [-0.2, -0.15) is 0 Å². The largest absolute Gasteiger partial charge is 0.478 e. The molecule has 14 heteroatoms. The van der Waals surface area contributed by atoms with E-state index in [4.69, 9.17) is 69.6 Å². The first-order valence-corrected chi connectivity index (χ1v) is 10.6. The van der Waals surface area contributed by atoms with Gasteiger partial charge in [0, 0.05) is 0 Å². The second kappa shape index (κ2) is 9.37. The zero-order valence-corrected chi connectivity index (χ0v) is 20.2. The summed E-state index contributed by atoms with van der Waals surface area (Å²) in [5, 5.41) is 37.6. The van der Waals surface area contributed by atoms with Crippen molar-refractivity contribution in [2.75, 3.05) is 0 Å². The van der Waals surface area contributed by atoms with Crippen LogP contribution < -0.4 is 0 Å². The van der Waals surface area contributed by atoms with Crippen molar-refractivity contribution in [3.05, 3.63) is 69.8 Å². The fourth-order valence-corrected chi connectivity index (χ4v) is 5.86. The fourth-order valence-electron chi connectivity index (χ4n) is 3.26. The Labute approximate surface area is 215 Å². The second-order valence-corrected chi connectivity index (χ2v) is 11.0. The van der Waals surface area contributed by atoms with E-state index in [1.807, 2.05) is 0 Å². The topological polar surface area (TPSA) is 149 Å². The monoisotopic (exact) mass is 576 g/mol. The Morgan fingerprint density at radius 2 is 0.788 bits per heavy atom. The molecule has 0 saturated heterocycles. The van der Waals surface area contributed by atoms with Crippen molar-refractivity contribution in [1.82, 2.24) is 0 Å². The minimum Gasteiger partial charge on any atom is -0.478 e. The van der Waals surface area contributed by atoms with Gasteiger partial charge in [0.05, 0.1) is 22.3 Å². The number of aromatic carboxylic acids is 4. The van der Waals surface area contributed by atoms with Gasteiger partial charge < -0.3 is 20.4 Å². The number of carboxylic acid groups (broad SMARTS) is 4. The van der Waals surface area contributed by atoms with Crippen LogP contribution in [0.3, 0.4) is 0 Å². The van der Waals surface area contributed by atoms with E-state index in [2.05, 4.69) is 0 Å². The molecule has 0 heterocycles. The summed E-state index contributed by atoms with van der Waals surface area (Å²) in [5.74, 6) is -6.48. The Bertz CT molecular complexity index is 1070. The van der Waals surface area contributed by atoms with Gasteiger partial charge in [-0.05, 0) is 35.4 Å². The van der Waals surface area contributed by atoms with Crippen LogP contribution in [0.5, 0.6) is 0 Å². The molecule has 0 saturated carbocycles. The first kappa shape index (κ1) is 27.3. The minimum atomic E-state index is -2.63. The number of hydrogen-bond acceptors (Lipinski definition) is 4. The Morgan fingerprint density at radius 1 is 0.515 bits per heavy atom. The summed E-state index contributed by atoms with van der Waals surface area (Å²) in [7, 11) is 0. The molecule has 33 heavy (non-hydrogen) atoms. The first-order valence-electron chi connectivity index (χ1n) is 8.32. The summed E-state index contributed by atoms with van der Waals surface area (Å²) in [5.41, 5.74) is -5.81.